The van der Waals surface area contributed by atoms with Gasteiger partial charge in [-0.15, -0.1) is 0 Å². The van der Waals surface area contributed by atoms with Gasteiger partial charge in [-0.25, -0.2) is 18.1 Å². The van der Waals surface area contributed by atoms with Gasteiger partial charge in [-0.3, -0.25) is 0 Å². The number of amides is 1. The molecule has 1 amide bonds. The van der Waals surface area contributed by atoms with Crippen molar-refractivity contribution < 1.29 is 22.9 Å². The number of rotatable bonds is 7. The maximum Gasteiger partial charge on any atom is 0.407 e. The van der Waals surface area contributed by atoms with Crippen LogP contribution in [-0.4, -0.2) is 33.3 Å². The van der Waals surface area contributed by atoms with Crippen molar-refractivity contribution in [3.05, 3.63) is 29.6 Å². The Morgan fingerprint density at radius 2 is 1.79 bits per heavy atom. The lowest BCUT2D eigenvalue weighted by Gasteiger charge is -2.25. The van der Waals surface area contributed by atoms with E-state index in [9.17, 15) is 13.4 Å². The molecule has 6 nitrogen and oxygen atoms in total. The van der Waals surface area contributed by atoms with Crippen LogP contribution >= 0.6 is 0 Å². The van der Waals surface area contributed by atoms with Crippen LogP contribution < -0.4 is 14.8 Å². The molecule has 0 spiro atoms. The van der Waals surface area contributed by atoms with Gasteiger partial charge in [0.15, 0.2) is 0 Å². The van der Waals surface area contributed by atoms with Crippen molar-refractivity contribution in [2.24, 2.45) is 0 Å². The van der Waals surface area contributed by atoms with Crippen molar-refractivity contribution in [1.29, 1.82) is 0 Å². The number of carbonyl (C=O) groups excluding carboxylic acids is 1. The summed E-state index contributed by atoms with van der Waals surface area (Å²) in [5.41, 5.74) is -0.0241. The number of ether oxygens (including phenoxy) is 2. The van der Waals surface area contributed by atoms with Crippen LogP contribution in [0.1, 0.15) is 67.0 Å². The molecule has 0 aliphatic heterocycles. The van der Waals surface area contributed by atoms with E-state index in [4.69, 9.17) is 9.47 Å². The quantitative estimate of drug-likeness (QED) is 0.697. The van der Waals surface area contributed by atoms with E-state index in [-0.39, 0.29) is 12.6 Å². The van der Waals surface area contributed by atoms with E-state index in [1.165, 1.54) is 18.2 Å². The first-order valence-corrected chi connectivity index (χ1v) is 10.4. The third-order valence-electron chi connectivity index (χ3n) is 3.54. The molecule has 0 radical (unpaired) electrons. The van der Waals surface area contributed by atoms with Gasteiger partial charge in [0, 0.05) is 11.6 Å². The molecular formula is C20H33FN2O4S. The van der Waals surface area contributed by atoms with E-state index in [1.54, 1.807) is 34.6 Å². The normalized spacial score (nSPS) is 15.5. The monoisotopic (exact) mass is 416 g/mol. The van der Waals surface area contributed by atoms with Gasteiger partial charge in [-0.2, -0.15) is 0 Å². The van der Waals surface area contributed by atoms with E-state index >= 15 is 0 Å². The van der Waals surface area contributed by atoms with Crippen LogP contribution in [0.2, 0.25) is 0 Å². The molecule has 1 unspecified atom stereocenters. The molecule has 0 fully saturated rings. The van der Waals surface area contributed by atoms with Crippen LogP contribution in [0.5, 0.6) is 5.75 Å². The number of benzene rings is 1. The second-order valence-corrected chi connectivity index (χ2v) is 10.7. The zero-order chi connectivity index (χ0) is 21.7. The van der Waals surface area contributed by atoms with E-state index in [2.05, 4.69) is 10.0 Å². The number of hydrogen-bond donors (Lipinski definition) is 2. The molecule has 8 heteroatoms. The molecule has 3 atom stereocenters. The predicted octanol–water partition coefficient (Wildman–Crippen LogP) is 4.23. The molecule has 160 valence electrons. The smallest absolute Gasteiger partial charge is 0.407 e. The van der Waals surface area contributed by atoms with Gasteiger partial charge in [0.25, 0.3) is 0 Å². The van der Waals surface area contributed by atoms with Gasteiger partial charge in [0.1, 0.15) is 23.3 Å². The molecule has 0 aliphatic carbocycles. The van der Waals surface area contributed by atoms with Crippen LogP contribution in [0.25, 0.3) is 0 Å². The van der Waals surface area contributed by atoms with Crippen molar-refractivity contribution in [2.45, 2.75) is 77.9 Å². The van der Waals surface area contributed by atoms with Gasteiger partial charge >= 0.3 is 6.09 Å². The van der Waals surface area contributed by atoms with Crippen LogP contribution in [0, 0.1) is 5.82 Å². The second kappa shape index (κ2) is 9.69. The molecule has 0 aromatic heterocycles. The molecule has 2 N–H and O–H groups in total. The van der Waals surface area contributed by atoms with Crippen LogP contribution in [0.15, 0.2) is 18.2 Å². The molecule has 0 saturated carbocycles. The van der Waals surface area contributed by atoms with E-state index < -0.39 is 39.3 Å². The number of hydrogen-bond acceptors (Lipinski definition) is 4. The van der Waals surface area contributed by atoms with Crippen molar-refractivity contribution in [1.82, 2.24) is 10.0 Å². The summed E-state index contributed by atoms with van der Waals surface area (Å²) in [6.07, 6.45) is -0.907. The lowest BCUT2D eigenvalue weighted by Crippen LogP contribution is -2.38. The fourth-order valence-electron chi connectivity index (χ4n) is 2.17. The summed E-state index contributed by atoms with van der Waals surface area (Å²) in [6, 6.07) is 3.81. The summed E-state index contributed by atoms with van der Waals surface area (Å²) in [5, 5.41) is 2.65. The maximum atomic E-state index is 13.8. The van der Waals surface area contributed by atoms with E-state index in [1.807, 2.05) is 20.8 Å². The first kappa shape index (κ1) is 24.4. The number of alkyl carbamates (subject to hydrolysis) is 1. The van der Waals surface area contributed by atoms with Gasteiger partial charge < -0.3 is 14.8 Å². The number of halogens is 1. The molecule has 0 heterocycles. The zero-order valence-corrected chi connectivity index (χ0v) is 18.8. The standard InChI is InChI=1S/C20H33FN2O4S/c1-13(12-22-18(24)27-19(3,4)5)26-17-10-9-15(21)11-16(17)14(2)23-28(25)20(6,7)8/h9-11,13-14,23H,12H2,1-8H3,(H,22,24)/t13-,14+,28?/m0/s1. The molecule has 1 rings (SSSR count). The molecule has 0 saturated heterocycles. The molecule has 28 heavy (non-hydrogen) atoms. The van der Waals surface area contributed by atoms with Crippen molar-refractivity contribution in [3.8, 4) is 5.75 Å². The van der Waals surface area contributed by atoms with Crippen molar-refractivity contribution in [3.63, 3.8) is 0 Å². The van der Waals surface area contributed by atoms with Crippen LogP contribution in [-0.2, 0) is 15.7 Å². The SMILES string of the molecule is C[C@@H](CNC(=O)OC(C)(C)C)Oc1ccc(F)cc1[C@@H](C)NS(=O)C(C)(C)C. The van der Waals surface area contributed by atoms with Crippen LogP contribution in [0.4, 0.5) is 9.18 Å². The largest absolute Gasteiger partial charge is 0.489 e. The minimum Gasteiger partial charge on any atom is -0.489 e. The summed E-state index contributed by atoms with van der Waals surface area (Å²) in [5.74, 6) is 0.0582. The van der Waals surface area contributed by atoms with Crippen LogP contribution in [0.3, 0.4) is 0 Å². The Morgan fingerprint density at radius 1 is 1.18 bits per heavy atom. The Morgan fingerprint density at radius 3 is 2.32 bits per heavy atom. The second-order valence-electron chi connectivity index (χ2n) is 8.71. The highest BCUT2D eigenvalue weighted by molar-refractivity contribution is 7.84. The highest BCUT2D eigenvalue weighted by Gasteiger charge is 2.24. The van der Waals surface area contributed by atoms with E-state index in [0.717, 1.165) is 0 Å². The van der Waals surface area contributed by atoms with Gasteiger partial charge in [0.05, 0.1) is 22.3 Å². The van der Waals surface area contributed by atoms with Gasteiger partial charge in [-0.05, 0) is 73.6 Å². The van der Waals surface area contributed by atoms with Gasteiger partial charge in [-0.1, -0.05) is 0 Å². The van der Waals surface area contributed by atoms with E-state index in [0.29, 0.717) is 11.3 Å². The maximum absolute atomic E-state index is 13.8. The third-order valence-corrected chi connectivity index (χ3v) is 5.22. The number of carbonyl (C=O) groups is 1. The minimum atomic E-state index is -1.32. The third kappa shape index (κ3) is 8.56. The minimum absolute atomic E-state index is 0.224. The summed E-state index contributed by atoms with van der Waals surface area (Å²) >= 11 is 0. The first-order chi connectivity index (χ1) is 12.7. The van der Waals surface area contributed by atoms with Crippen molar-refractivity contribution >= 4 is 17.1 Å². The Kier molecular flexibility index (Phi) is 8.44. The molecule has 1 aromatic rings. The lowest BCUT2D eigenvalue weighted by molar-refractivity contribution is 0.0504. The van der Waals surface area contributed by atoms with Gasteiger partial charge in [0.2, 0.25) is 0 Å². The fraction of sp³-hybridized carbons (Fsp3) is 0.650. The summed E-state index contributed by atoms with van der Waals surface area (Å²) < 4.78 is 39.8. The Balaban J connectivity index is 2.80. The average molecular weight is 417 g/mol. The Bertz CT molecular complexity index is 698. The number of nitrogens with one attached hydrogen (secondary N) is 2. The summed E-state index contributed by atoms with van der Waals surface area (Å²) in [7, 11) is -1.32. The zero-order valence-electron chi connectivity index (χ0n) is 18.0. The Hall–Kier alpha value is -1.67. The lowest BCUT2D eigenvalue weighted by atomic mass is 10.1. The molecule has 0 bridgehead atoms. The summed E-state index contributed by atoms with van der Waals surface area (Å²) in [4.78, 5) is 11.8. The first-order valence-electron chi connectivity index (χ1n) is 9.30. The molecular weight excluding hydrogens is 383 g/mol. The highest BCUT2D eigenvalue weighted by atomic mass is 32.2. The fourth-order valence-corrected chi connectivity index (χ4v) is 2.97. The average Bonchev–Trinajstić information content (AvgIpc) is 2.52. The highest BCUT2D eigenvalue weighted by Crippen LogP contribution is 2.28. The molecule has 0 aliphatic rings. The molecule has 1 aromatic carbocycles. The topological polar surface area (TPSA) is 76.7 Å². The summed E-state index contributed by atoms with van der Waals surface area (Å²) in [6.45, 7) is 14.7. The predicted molar refractivity (Wildman–Crippen MR) is 110 cm³/mol. The Labute approximate surface area is 170 Å². The van der Waals surface area contributed by atoms with Crippen molar-refractivity contribution in [2.75, 3.05) is 6.54 Å².